The van der Waals surface area contributed by atoms with Crippen LogP contribution in [-0.2, 0) is 11.3 Å². The van der Waals surface area contributed by atoms with E-state index in [1.54, 1.807) is 11.3 Å². The van der Waals surface area contributed by atoms with E-state index in [0.717, 1.165) is 48.3 Å². The molecule has 1 aromatic heterocycles. The molecule has 1 aromatic rings. The fraction of sp³-hybridized carbons (Fsp3) is 0.750. The quantitative estimate of drug-likeness (QED) is 0.892. The molecule has 0 aliphatic carbocycles. The summed E-state index contributed by atoms with van der Waals surface area (Å²) in [5.41, 5.74) is 0.950. The molecule has 0 amide bonds. The Morgan fingerprint density at radius 1 is 1.47 bits per heavy atom. The Balaban J connectivity index is 1.95. The van der Waals surface area contributed by atoms with Gasteiger partial charge in [-0.3, -0.25) is 0 Å². The minimum absolute atomic E-state index is 0.0919. The van der Waals surface area contributed by atoms with Crippen molar-refractivity contribution in [1.29, 1.82) is 0 Å². The van der Waals surface area contributed by atoms with Crippen LogP contribution in [0.4, 0.5) is 5.13 Å². The van der Waals surface area contributed by atoms with Gasteiger partial charge in [-0.1, -0.05) is 11.3 Å². The van der Waals surface area contributed by atoms with Gasteiger partial charge in [-0.25, -0.2) is 4.98 Å². The van der Waals surface area contributed by atoms with Crippen LogP contribution in [0, 0.1) is 12.8 Å². The highest BCUT2D eigenvalue weighted by Gasteiger charge is 2.18. The lowest BCUT2D eigenvalue weighted by atomic mass is 10.0. The molecule has 2 heterocycles. The van der Waals surface area contributed by atoms with Crippen LogP contribution in [0.5, 0.6) is 0 Å². The van der Waals surface area contributed by atoms with Crippen molar-refractivity contribution in [3.05, 3.63) is 10.6 Å². The van der Waals surface area contributed by atoms with Gasteiger partial charge in [0.1, 0.15) is 0 Å². The lowest BCUT2D eigenvalue weighted by Gasteiger charge is -2.26. The van der Waals surface area contributed by atoms with Crippen LogP contribution in [0.25, 0.3) is 0 Å². The number of nitrogens with zero attached hydrogens (tertiary/aromatic N) is 2. The number of ether oxygens (including phenoxy) is 1. The lowest BCUT2D eigenvalue weighted by molar-refractivity contribution is 0.0685. The van der Waals surface area contributed by atoms with E-state index in [-0.39, 0.29) is 6.61 Å². The monoisotopic (exact) mass is 256 g/mol. The van der Waals surface area contributed by atoms with E-state index in [9.17, 15) is 5.11 Å². The van der Waals surface area contributed by atoms with E-state index in [1.807, 2.05) is 6.92 Å². The normalized spacial score (nSPS) is 17.4. The van der Waals surface area contributed by atoms with Crippen molar-refractivity contribution < 1.29 is 9.84 Å². The van der Waals surface area contributed by atoms with Crippen molar-refractivity contribution in [2.75, 3.05) is 31.7 Å². The van der Waals surface area contributed by atoms with Crippen LogP contribution in [0.3, 0.4) is 0 Å². The third kappa shape index (κ3) is 3.18. The SMILES string of the molecule is Cc1nc(N(C)CC2CCOCC2)sc1CO. The van der Waals surface area contributed by atoms with Gasteiger partial charge in [0.25, 0.3) is 0 Å². The maximum absolute atomic E-state index is 9.17. The Bertz CT molecular complexity index is 361. The topological polar surface area (TPSA) is 45.6 Å². The summed E-state index contributed by atoms with van der Waals surface area (Å²) in [5.74, 6) is 0.704. The Morgan fingerprint density at radius 2 is 2.18 bits per heavy atom. The maximum Gasteiger partial charge on any atom is 0.185 e. The van der Waals surface area contributed by atoms with Gasteiger partial charge in [0.15, 0.2) is 5.13 Å². The van der Waals surface area contributed by atoms with E-state index in [4.69, 9.17) is 4.74 Å². The van der Waals surface area contributed by atoms with E-state index in [0.29, 0.717) is 5.92 Å². The fourth-order valence-electron chi connectivity index (χ4n) is 2.12. The smallest absolute Gasteiger partial charge is 0.185 e. The van der Waals surface area contributed by atoms with Gasteiger partial charge in [-0.05, 0) is 25.7 Å². The Kier molecular flexibility index (Phi) is 4.36. The fourth-order valence-corrected chi connectivity index (χ4v) is 3.01. The van der Waals surface area contributed by atoms with Gasteiger partial charge in [0.2, 0.25) is 0 Å². The molecular formula is C12H20N2O2S. The predicted octanol–water partition coefficient (Wildman–Crippen LogP) is 1.81. The molecule has 1 aliphatic heterocycles. The second kappa shape index (κ2) is 5.80. The molecule has 1 aliphatic rings. The van der Waals surface area contributed by atoms with Crippen LogP contribution in [0.2, 0.25) is 0 Å². The highest BCUT2D eigenvalue weighted by atomic mass is 32.1. The second-order valence-corrected chi connectivity index (χ2v) is 5.66. The standard InChI is InChI=1S/C12H20N2O2S/c1-9-11(8-15)17-12(13-9)14(2)7-10-3-5-16-6-4-10/h10,15H,3-8H2,1-2H3. The molecule has 1 saturated heterocycles. The number of aliphatic hydroxyl groups is 1. The first-order valence-electron chi connectivity index (χ1n) is 6.06. The molecule has 4 nitrogen and oxygen atoms in total. The largest absolute Gasteiger partial charge is 0.391 e. The van der Waals surface area contributed by atoms with Gasteiger partial charge in [-0.15, -0.1) is 0 Å². The summed E-state index contributed by atoms with van der Waals surface area (Å²) in [7, 11) is 2.08. The predicted molar refractivity (Wildman–Crippen MR) is 69.6 cm³/mol. The van der Waals surface area contributed by atoms with Crippen LogP contribution in [0.1, 0.15) is 23.4 Å². The van der Waals surface area contributed by atoms with Crippen molar-refractivity contribution in [2.24, 2.45) is 5.92 Å². The van der Waals surface area contributed by atoms with Gasteiger partial charge < -0.3 is 14.7 Å². The molecule has 0 spiro atoms. The minimum atomic E-state index is 0.0919. The second-order valence-electron chi connectivity index (χ2n) is 4.60. The number of thiazole rings is 1. The van der Waals surface area contributed by atoms with Gasteiger partial charge in [0, 0.05) is 26.8 Å². The molecular weight excluding hydrogens is 236 g/mol. The maximum atomic E-state index is 9.17. The first-order valence-corrected chi connectivity index (χ1v) is 6.88. The summed E-state index contributed by atoms with van der Waals surface area (Å²) in [5, 5.41) is 10.2. The Labute approximate surface area is 106 Å². The molecule has 0 radical (unpaired) electrons. The third-order valence-electron chi connectivity index (χ3n) is 3.22. The summed E-state index contributed by atoms with van der Waals surface area (Å²) in [6.45, 7) is 4.85. The van der Waals surface area contributed by atoms with Crippen molar-refractivity contribution >= 4 is 16.5 Å². The summed E-state index contributed by atoms with van der Waals surface area (Å²) < 4.78 is 5.36. The molecule has 1 N–H and O–H groups in total. The Morgan fingerprint density at radius 3 is 2.76 bits per heavy atom. The number of rotatable bonds is 4. The van der Waals surface area contributed by atoms with Crippen molar-refractivity contribution in [3.8, 4) is 0 Å². The molecule has 96 valence electrons. The van der Waals surface area contributed by atoms with E-state index in [1.165, 1.54) is 0 Å². The molecule has 0 bridgehead atoms. The first-order chi connectivity index (χ1) is 8.20. The van der Waals surface area contributed by atoms with Crippen LogP contribution >= 0.6 is 11.3 Å². The summed E-state index contributed by atoms with van der Waals surface area (Å²) >= 11 is 1.59. The summed E-state index contributed by atoms with van der Waals surface area (Å²) in [6.07, 6.45) is 2.28. The molecule has 5 heteroatoms. The number of hydrogen-bond acceptors (Lipinski definition) is 5. The highest BCUT2D eigenvalue weighted by Crippen LogP contribution is 2.27. The zero-order valence-electron chi connectivity index (χ0n) is 10.5. The van der Waals surface area contributed by atoms with Crippen LogP contribution < -0.4 is 4.90 Å². The van der Waals surface area contributed by atoms with Gasteiger partial charge in [-0.2, -0.15) is 0 Å². The van der Waals surface area contributed by atoms with Crippen molar-refractivity contribution in [1.82, 2.24) is 4.98 Å². The highest BCUT2D eigenvalue weighted by molar-refractivity contribution is 7.15. The molecule has 0 saturated carbocycles. The van der Waals surface area contributed by atoms with Gasteiger partial charge in [0.05, 0.1) is 17.2 Å². The number of aromatic nitrogens is 1. The van der Waals surface area contributed by atoms with E-state index < -0.39 is 0 Å². The Hall–Kier alpha value is -0.650. The molecule has 17 heavy (non-hydrogen) atoms. The third-order valence-corrected chi connectivity index (χ3v) is 4.48. The summed E-state index contributed by atoms with van der Waals surface area (Å²) in [4.78, 5) is 7.67. The number of anilines is 1. The molecule has 0 atom stereocenters. The van der Waals surface area contributed by atoms with E-state index >= 15 is 0 Å². The van der Waals surface area contributed by atoms with Crippen LogP contribution in [-0.4, -0.2) is 36.9 Å². The molecule has 1 fully saturated rings. The first kappa shape index (κ1) is 12.8. The zero-order valence-corrected chi connectivity index (χ0v) is 11.3. The lowest BCUT2D eigenvalue weighted by Crippen LogP contribution is -2.29. The van der Waals surface area contributed by atoms with E-state index in [2.05, 4.69) is 16.9 Å². The molecule has 2 rings (SSSR count). The minimum Gasteiger partial charge on any atom is -0.391 e. The number of hydrogen-bond donors (Lipinski definition) is 1. The molecule has 0 unspecified atom stereocenters. The van der Waals surface area contributed by atoms with Crippen LogP contribution in [0.15, 0.2) is 0 Å². The average Bonchev–Trinajstić information content (AvgIpc) is 2.72. The van der Waals surface area contributed by atoms with Gasteiger partial charge >= 0.3 is 0 Å². The summed E-state index contributed by atoms with van der Waals surface area (Å²) in [6, 6.07) is 0. The zero-order chi connectivity index (χ0) is 12.3. The van der Waals surface area contributed by atoms with Crippen molar-refractivity contribution in [2.45, 2.75) is 26.4 Å². The average molecular weight is 256 g/mol. The number of aryl methyl sites for hydroxylation is 1. The molecule has 0 aromatic carbocycles. The number of aliphatic hydroxyl groups excluding tert-OH is 1. The van der Waals surface area contributed by atoms with Crippen molar-refractivity contribution in [3.63, 3.8) is 0 Å².